The molecule has 2 atom stereocenters. The van der Waals surface area contributed by atoms with Gasteiger partial charge in [-0.15, -0.1) is 0 Å². The largest absolute Gasteiger partial charge is 0.0888 e. The van der Waals surface area contributed by atoms with E-state index in [9.17, 15) is 0 Å². The van der Waals surface area contributed by atoms with Crippen LogP contribution in [0, 0.1) is 11.3 Å². The van der Waals surface area contributed by atoms with Crippen LogP contribution in [0.5, 0.6) is 0 Å². The van der Waals surface area contributed by atoms with Crippen molar-refractivity contribution in [2.24, 2.45) is 11.3 Å². The van der Waals surface area contributed by atoms with Crippen molar-refractivity contribution >= 4 is 23.2 Å². The van der Waals surface area contributed by atoms with Crippen molar-refractivity contribution in [1.29, 1.82) is 0 Å². The third-order valence-electron chi connectivity index (χ3n) is 2.36. The Morgan fingerprint density at radius 3 is 2.90 bits per heavy atom. The highest BCUT2D eigenvalue weighted by molar-refractivity contribution is 6.35. The minimum absolute atomic E-state index is 0.295. The van der Waals surface area contributed by atoms with Crippen molar-refractivity contribution < 1.29 is 0 Å². The minimum Gasteiger partial charge on any atom is -0.0888 e. The Labute approximate surface area is 70.5 Å². The van der Waals surface area contributed by atoms with Gasteiger partial charge in [-0.3, -0.25) is 0 Å². The van der Waals surface area contributed by atoms with Gasteiger partial charge in [0.15, 0.2) is 0 Å². The Hall–Kier alpha value is 0.0600. The molecule has 0 aromatic carbocycles. The van der Waals surface area contributed by atoms with E-state index in [1.54, 1.807) is 0 Å². The highest BCUT2D eigenvalue weighted by atomic mass is 35.5. The molecule has 2 heteroatoms. The van der Waals surface area contributed by atoms with E-state index >= 15 is 0 Å². The van der Waals surface area contributed by atoms with Crippen molar-refractivity contribution in [3.63, 3.8) is 0 Å². The zero-order valence-electron chi connectivity index (χ0n) is 5.70. The second-order valence-corrected chi connectivity index (χ2v) is 4.19. The fourth-order valence-electron chi connectivity index (χ4n) is 1.54. The van der Waals surface area contributed by atoms with Crippen molar-refractivity contribution in [3.05, 3.63) is 22.2 Å². The molecule has 1 fully saturated rings. The first-order chi connectivity index (χ1) is 4.62. The van der Waals surface area contributed by atoms with Crippen molar-refractivity contribution in [2.45, 2.75) is 13.3 Å². The quantitative estimate of drug-likeness (QED) is 0.530. The first-order valence-electron chi connectivity index (χ1n) is 3.37. The van der Waals surface area contributed by atoms with Gasteiger partial charge in [0.25, 0.3) is 0 Å². The van der Waals surface area contributed by atoms with Crippen LogP contribution in [0.1, 0.15) is 13.3 Å². The van der Waals surface area contributed by atoms with Crippen LogP contribution in [0.15, 0.2) is 22.2 Å². The van der Waals surface area contributed by atoms with Gasteiger partial charge in [0.1, 0.15) is 0 Å². The summed E-state index contributed by atoms with van der Waals surface area (Å²) in [7, 11) is 0. The molecular weight excluding hydrogens is 167 g/mol. The number of hydrogen-bond donors (Lipinski definition) is 0. The summed E-state index contributed by atoms with van der Waals surface area (Å²) in [4.78, 5) is 0. The third kappa shape index (κ3) is 0.826. The summed E-state index contributed by atoms with van der Waals surface area (Å²) in [5, 5.41) is 1.72. The van der Waals surface area contributed by atoms with Crippen LogP contribution in [0.2, 0.25) is 0 Å². The summed E-state index contributed by atoms with van der Waals surface area (Å²) in [5.41, 5.74) is 0.295. The molecule has 0 nitrogen and oxygen atoms in total. The molecular formula is C8H8Cl2. The standard InChI is InChI=1S/C8H8Cl2/c1-8-3-5(9)2-7(10)6(8)4-8/h2-3,6H,4H2,1H3/t6?,8-/m1/s1. The SMILES string of the molecule is C[C@]12C=C(Cl)C=C(Cl)C1C2. The van der Waals surface area contributed by atoms with Crippen LogP contribution >= 0.6 is 23.2 Å². The second kappa shape index (κ2) is 1.80. The molecule has 0 bridgehead atoms. The zero-order chi connectivity index (χ0) is 7.35. The summed E-state index contributed by atoms with van der Waals surface area (Å²) in [6.07, 6.45) is 5.12. The maximum absolute atomic E-state index is 5.93. The lowest BCUT2D eigenvalue weighted by Gasteiger charge is -2.09. The molecule has 2 aliphatic carbocycles. The second-order valence-electron chi connectivity index (χ2n) is 3.32. The van der Waals surface area contributed by atoms with Crippen molar-refractivity contribution in [1.82, 2.24) is 0 Å². The van der Waals surface area contributed by atoms with Crippen LogP contribution in [0.25, 0.3) is 0 Å². The van der Waals surface area contributed by atoms with Crippen LogP contribution in [0.3, 0.4) is 0 Å². The average molecular weight is 175 g/mol. The number of fused-ring (bicyclic) bond motifs is 1. The molecule has 0 spiro atoms. The Morgan fingerprint density at radius 1 is 1.60 bits per heavy atom. The topological polar surface area (TPSA) is 0 Å². The fraction of sp³-hybridized carbons (Fsp3) is 0.500. The van der Waals surface area contributed by atoms with E-state index in [1.807, 2.05) is 6.08 Å². The molecule has 0 amide bonds. The molecule has 0 radical (unpaired) electrons. The number of halogens is 2. The molecule has 0 N–H and O–H groups in total. The average Bonchev–Trinajstić information content (AvgIpc) is 2.39. The molecule has 0 aliphatic heterocycles. The molecule has 54 valence electrons. The molecule has 0 aromatic rings. The monoisotopic (exact) mass is 174 g/mol. The van der Waals surface area contributed by atoms with Gasteiger partial charge >= 0.3 is 0 Å². The zero-order valence-corrected chi connectivity index (χ0v) is 7.21. The summed E-state index contributed by atoms with van der Waals surface area (Å²) in [6, 6.07) is 0. The lowest BCUT2D eigenvalue weighted by molar-refractivity contribution is 0.682. The summed E-state index contributed by atoms with van der Waals surface area (Å²) < 4.78 is 0. The Kier molecular flexibility index (Phi) is 1.22. The molecule has 0 saturated heterocycles. The molecule has 1 unspecified atom stereocenters. The number of hydrogen-bond acceptors (Lipinski definition) is 0. The predicted octanol–water partition coefficient (Wildman–Crippen LogP) is 3.27. The van der Waals surface area contributed by atoms with E-state index in [4.69, 9.17) is 23.2 Å². The van der Waals surface area contributed by atoms with Gasteiger partial charge in [-0.1, -0.05) is 36.2 Å². The molecule has 2 aliphatic rings. The van der Waals surface area contributed by atoms with Gasteiger partial charge in [-0.05, 0) is 17.9 Å². The van der Waals surface area contributed by atoms with Gasteiger partial charge in [-0.2, -0.15) is 0 Å². The van der Waals surface area contributed by atoms with Gasteiger partial charge in [0, 0.05) is 16.0 Å². The number of allylic oxidation sites excluding steroid dienone is 4. The predicted molar refractivity (Wildman–Crippen MR) is 44.1 cm³/mol. The summed E-state index contributed by atoms with van der Waals surface area (Å²) in [5.74, 6) is 0.566. The van der Waals surface area contributed by atoms with Gasteiger partial charge < -0.3 is 0 Å². The van der Waals surface area contributed by atoms with E-state index in [-0.39, 0.29) is 0 Å². The Bertz CT molecular complexity index is 240. The maximum Gasteiger partial charge on any atom is 0.0383 e. The van der Waals surface area contributed by atoms with E-state index < -0.39 is 0 Å². The first-order valence-corrected chi connectivity index (χ1v) is 4.13. The van der Waals surface area contributed by atoms with E-state index in [0.29, 0.717) is 11.3 Å². The molecule has 0 heterocycles. The van der Waals surface area contributed by atoms with Crippen LogP contribution in [-0.2, 0) is 0 Å². The molecule has 2 rings (SSSR count). The smallest absolute Gasteiger partial charge is 0.0383 e. The van der Waals surface area contributed by atoms with Gasteiger partial charge in [0.2, 0.25) is 0 Å². The highest BCUT2D eigenvalue weighted by Crippen LogP contribution is 2.61. The normalized spacial score (nSPS) is 43.7. The van der Waals surface area contributed by atoms with Crippen LogP contribution < -0.4 is 0 Å². The van der Waals surface area contributed by atoms with Gasteiger partial charge in [0.05, 0.1) is 0 Å². The summed E-state index contributed by atoms with van der Waals surface area (Å²) in [6.45, 7) is 2.19. The lowest BCUT2D eigenvalue weighted by Crippen LogP contribution is -1.98. The number of rotatable bonds is 0. The first kappa shape index (κ1) is 6.75. The Balaban J connectivity index is 2.38. The Morgan fingerprint density at radius 2 is 2.30 bits per heavy atom. The van der Waals surface area contributed by atoms with Crippen LogP contribution in [0.4, 0.5) is 0 Å². The van der Waals surface area contributed by atoms with Crippen molar-refractivity contribution in [3.8, 4) is 0 Å². The molecule has 10 heavy (non-hydrogen) atoms. The van der Waals surface area contributed by atoms with Crippen molar-refractivity contribution in [2.75, 3.05) is 0 Å². The van der Waals surface area contributed by atoms with E-state index in [2.05, 4.69) is 13.0 Å². The van der Waals surface area contributed by atoms with E-state index in [1.165, 1.54) is 6.42 Å². The third-order valence-corrected chi connectivity index (χ3v) is 2.95. The van der Waals surface area contributed by atoms with Gasteiger partial charge in [-0.25, -0.2) is 0 Å². The highest BCUT2D eigenvalue weighted by Gasteiger charge is 2.51. The van der Waals surface area contributed by atoms with Crippen LogP contribution in [-0.4, -0.2) is 0 Å². The maximum atomic E-state index is 5.93. The fourth-order valence-corrected chi connectivity index (χ4v) is 2.41. The molecule has 1 saturated carbocycles. The van der Waals surface area contributed by atoms with E-state index in [0.717, 1.165) is 10.1 Å². The minimum atomic E-state index is 0.295. The summed E-state index contributed by atoms with van der Waals surface area (Å²) >= 11 is 11.8. The molecule has 0 aromatic heterocycles. The lowest BCUT2D eigenvalue weighted by atomic mass is 10.0.